The molecule has 0 aliphatic carbocycles. The summed E-state index contributed by atoms with van der Waals surface area (Å²) in [5, 5.41) is 1.71. The summed E-state index contributed by atoms with van der Waals surface area (Å²) in [5.41, 5.74) is 5.60. The van der Waals surface area contributed by atoms with E-state index in [1.54, 1.807) is 9.91 Å². The fourth-order valence-electron chi connectivity index (χ4n) is 2.84. The minimum Gasteiger partial charge on any atom is -0.312 e. The van der Waals surface area contributed by atoms with Crippen LogP contribution >= 0.6 is 0 Å². The van der Waals surface area contributed by atoms with E-state index in [0.29, 0.717) is 12.8 Å². The molecule has 0 saturated carbocycles. The lowest BCUT2D eigenvalue weighted by Gasteiger charge is -2.20. The van der Waals surface area contributed by atoms with E-state index >= 15 is 0 Å². The second kappa shape index (κ2) is 7.17. The summed E-state index contributed by atoms with van der Waals surface area (Å²) in [7, 11) is 1.81. The zero-order chi connectivity index (χ0) is 16.9. The van der Waals surface area contributed by atoms with Gasteiger partial charge in [0.15, 0.2) is 0 Å². The predicted molar refractivity (Wildman–Crippen MR) is 94.7 cm³/mol. The Balaban J connectivity index is 1.57. The van der Waals surface area contributed by atoms with Crippen LogP contribution in [0.1, 0.15) is 18.4 Å². The van der Waals surface area contributed by atoms with E-state index in [9.17, 15) is 9.59 Å². The van der Waals surface area contributed by atoms with Crippen molar-refractivity contribution in [3.63, 3.8) is 0 Å². The molecule has 0 radical (unpaired) electrons. The van der Waals surface area contributed by atoms with Gasteiger partial charge in [0.25, 0.3) is 0 Å². The van der Waals surface area contributed by atoms with Crippen LogP contribution in [-0.4, -0.2) is 25.4 Å². The normalized spacial score (nSPS) is 13.9. The van der Waals surface area contributed by atoms with E-state index in [1.807, 2.05) is 61.6 Å². The molecule has 1 aliphatic rings. The number of hydrogen-bond acceptors (Lipinski definition) is 3. The highest BCUT2D eigenvalue weighted by molar-refractivity contribution is 5.95. The molecule has 1 fully saturated rings. The van der Waals surface area contributed by atoms with E-state index in [-0.39, 0.29) is 11.8 Å². The molecule has 2 aromatic carbocycles. The number of anilines is 2. The van der Waals surface area contributed by atoms with E-state index in [2.05, 4.69) is 5.43 Å². The number of amides is 2. The van der Waals surface area contributed by atoms with E-state index in [0.717, 1.165) is 29.9 Å². The van der Waals surface area contributed by atoms with Crippen molar-refractivity contribution < 1.29 is 9.59 Å². The molecular formula is C19H21N3O2. The number of rotatable bonds is 5. The lowest BCUT2D eigenvalue weighted by Crippen LogP contribution is -2.40. The van der Waals surface area contributed by atoms with E-state index < -0.39 is 0 Å². The first-order valence-corrected chi connectivity index (χ1v) is 8.11. The molecule has 5 nitrogen and oxygen atoms in total. The van der Waals surface area contributed by atoms with Crippen LogP contribution in [-0.2, 0) is 16.0 Å². The summed E-state index contributed by atoms with van der Waals surface area (Å²) in [5.74, 6) is 0.0938. The maximum Gasteiger partial charge on any atom is 0.242 e. The summed E-state index contributed by atoms with van der Waals surface area (Å²) >= 11 is 0. The molecule has 1 saturated heterocycles. The molecule has 1 aliphatic heterocycles. The second-order valence-electron chi connectivity index (χ2n) is 5.92. The molecule has 0 unspecified atom stereocenters. The Kier molecular flexibility index (Phi) is 4.79. The van der Waals surface area contributed by atoms with Crippen LogP contribution in [0, 0.1) is 0 Å². The molecule has 24 heavy (non-hydrogen) atoms. The summed E-state index contributed by atoms with van der Waals surface area (Å²) in [6.07, 6.45) is 1.83. The van der Waals surface area contributed by atoms with Gasteiger partial charge in [-0.1, -0.05) is 30.3 Å². The number of carbonyl (C=O) groups is 2. The predicted octanol–water partition coefficient (Wildman–Crippen LogP) is 2.52. The van der Waals surface area contributed by atoms with Gasteiger partial charge in [0.2, 0.25) is 11.8 Å². The zero-order valence-corrected chi connectivity index (χ0v) is 13.7. The van der Waals surface area contributed by atoms with Crippen LogP contribution < -0.4 is 15.3 Å². The van der Waals surface area contributed by atoms with Crippen LogP contribution in [0.5, 0.6) is 0 Å². The minimum atomic E-state index is -0.0775. The molecule has 124 valence electrons. The van der Waals surface area contributed by atoms with E-state index in [1.165, 1.54) is 0 Å². The second-order valence-corrected chi connectivity index (χ2v) is 5.92. The van der Waals surface area contributed by atoms with Crippen LogP contribution in [0.2, 0.25) is 0 Å². The van der Waals surface area contributed by atoms with Crippen molar-refractivity contribution in [1.29, 1.82) is 0 Å². The van der Waals surface area contributed by atoms with Crippen LogP contribution in [0.15, 0.2) is 54.6 Å². The Bertz CT molecular complexity index is 713. The molecule has 0 spiro atoms. The molecule has 1 heterocycles. The Morgan fingerprint density at radius 2 is 1.83 bits per heavy atom. The fourth-order valence-corrected chi connectivity index (χ4v) is 2.84. The quantitative estimate of drug-likeness (QED) is 0.860. The summed E-state index contributed by atoms with van der Waals surface area (Å²) < 4.78 is 0. The van der Waals surface area contributed by atoms with Gasteiger partial charge in [0.05, 0.1) is 12.1 Å². The highest BCUT2D eigenvalue weighted by Gasteiger charge is 2.21. The third-order valence-corrected chi connectivity index (χ3v) is 4.12. The Morgan fingerprint density at radius 3 is 2.46 bits per heavy atom. The van der Waals surface area contributed by atoms with Gasteiger partial charge in [0, 0.05) is 25.7 Å². The summed E-state index contributed by atoms with van der Waals surface area (Å²) in [6, 6.07) is 17.3. The molecule has 0 atom stereocenters. The third kappa shape index (κ3) is 3.74. The first kappa shape index (κ1) is 16.1. The van der Waals surface area contributed by atoms with Crippen molar-refractivity contribution in [3.8, 4) is 0 Å². The molecule has 0 aromatic heterocycles. The molecule has 1 N–H and O–H groups in total. The number of para-hydroxylation sites is 1. The number of benzene rings is 2. The number of nitrogens with one attached hydrogen (secondary N) is 1. The third-order valence-electron chi connectivity index (χ3n) is 4.12. The van der Waals surface area contributed by atoms with Crippen LogP contribution in [0.4, 0.5) is 11.4 Å². The molecular weight excluding hydrogens is 302 g/mol. The standard InChI is InChI=1S/C19H21N3O2/c1-21(16-6-3-2-4-7-16)20-18(23)14-15-9-11-17(12-10-15)22-13-5-8-19(22)24/h2-4,6-7,9-12H,5,8,13-14H2,1H3,(H,20,23). The molecule has 0 bridgehead atoms. The van der Waals surface area contributed by atoms with E-state index in [4.69, 9.17) is 0 Å². The van der Waals surface area contributed by atoms with Crippen molar-refractivity contribution in [2.75, 3.05) is 23.5 Å². The largest absolute Gasteiger partial charge is 0.312 e. The van der Waals surface area contributed by atoms with Crippen molar-refractivity contribution in [1.82, 2.24) is 5.43 Å². The average Bonchev–Trinajstić information content (AvgIpc) is 3.02. The van der Waals surface area contributed by atoms with Crippen molar-refractivity contribution >= 4 is 23.2 Å². The first-order chi connectivity index (χ1) is 11.6. The Labute approximate surface area is 141 Å². The lowest BCUT2D eigenvalue weighted by molar-refractivity contribution is -0.120. The highest BCUT2D eigenvalue weighted by atomic mass is 16.2. The molecule has 3 rings (SSSR count). The topological polar surface area (TPSA) is 52.7 Å². The number of hydrazine groups is 1. The van der Waals surface area contributed by atoms with Crippen molar-refractivity contribution in [2.24, 2.45) is 0 Å². The smallest absolute Gasteiger partial charge is 0.242 e. The van der Waals surface area contributed by atoms with Gasteiger partial charge in [-0.15, -0.1) is 0 Å². The van der Waals surface area contributed by atoms with Crippen LogP contribution in [0.25, 0.3) is 0 Å². The lowest BCUT2D eigenvalue weighted by atomic mass is 10.1. The fraction of sp³-hybridized carbons (Fsp3) is 0.263. The number of nitrogens with zero attached hydrogens (tertiary/aromatic N) is 2. The molecule has 5 heteroatoms. The summed E-state index contributed by atoms with van der Waals surface area (Å²) in [6.45, 7) is 0.778. The minimum absolute atomic E-state index is 0.0775. The maximum atomic E-state index is 12.2. The van der Waals surface area contributed by atoms with Gasteiger partial charge in [0.1, 0.15) is 0 Å². The zero-order valence-electron chi connectivity index (χ0n) is 13.7. The molecule has 2 amide bonds. The SMILES string of the molecule is CN(NC(=O)Cc1ccc(N2CCCC2=O)cc1)c1ccccc1. The average molecular weight is 323 g/mol. The van der Waals surface area contributed by atoms with Gasteiger partial charge in [-0.3, -0.25) is 20.0 Å². The first-order valence-electron chi connectivity index (χ1n) is 8.11. The summed E-state index contributed by atoms with van der Waals surface area (Å²) in [4.78, 5) is 25.7. The van der Waals surface area contributed by atoms with Gasteiger partial charge < -0.3 is 4.90 Å². The maximum absolute atomic E-state index is 12.2. The van der Waals surface area contributed by atoms with Crippen LogP contribution in [0.3, 0.4) is 0 Å². The number of carbonyl (C=O) groups excluding carboxylic acids is 2. The van der Waals surface area contributed by atoms with Crippen molar-refractivity contribution in [3.05, 3.63) is 60.2 Å². The van der Waals surface area contributed by atoms with Gasteiger partial charge >= 0.3 is 0 Å². The highest BCUT2D eigenvalue weighted by Crippen LogP contribution is 2.21. The Hall–Kier alpha value is -2.82. The van der Waals surface area contributed by atoms with Crippen molar-refractivity contribution in [2.45, 2.75) is 19.3 Å². The van der Waals surface area contributed by atoms with Gasteiger partial charge in [-0.25, -0.2) is 0 Å². The Morgan fingerprint density at radius 1 is 1.12 bits per heavy atom. The van der Waals surface area contributed by atoms with Gasteiger partial charge in [-0.2, -0.15) is 0 Å². The monoisotopic (exact) mass is 323 g/mol. The van der Waals surface area contributed by atoms with Gasteiger partial charge in [-0.05, 0) is 36.2 Å². The number of hydrogen-bond donors (Lipinski definition) is 1. The molecule has 2 aromatic rings.